The Bertz CT molecular complexity index is 771. The second-order valence-corrected chi connectivity index (χ2v) is 7.09. The Morgan fingerprint density at radius 3 is 3.00 bits per heavy atom. The molecule has 2 aromatic heterocycles. The van der Waals surface area contributed by atoms with E-state index < -0.39 is 0 Å². The number of hydrogen-bond acceptors (Lipinski definition) is 6. The number of piperidine rings is 1. The van der Waals surface area contributed by atoms with Crippen LogP contribution in [-0.2, 0) is 23.0 Å². The van der Waals surface area contributed by atoms with E-state index >= 15 is 0 Å². The molecule has 2 fully saturated rings. The lowest BCUT2D eigenvalue weighted by Crippen LogP contribution is -2.46. The minimum Gasteiger partial charge on any atom is -0.378 e. The standard InChI is InChI=1S/C17H25N7O2/c1-3-26-15-9-14(15)17(25)23-7-5-4-6-13(23)8-12-11-24(21-19-12)16-10-18-20-22(16)2/h10-11,13-15H,3-9H2,1-2H3. The number of nitrogens with zero attached hydrogens (tertiary/aromatic N) is 7. The van der Waals surface area contributed by atoms with E-state index in [0.717, 1.165) is 50.2 Å². The second kappa shape index (κ2) is 7.14. The van der Waals surface area contributed by atoms with Gasteiger partial charge in [0.15, 0.2) is 5.82 Å². The summed E-state index contributed by atoms with van der Waals surface area (Å²) >= 11 is 0. The average Bonchev–Trinajstić information content (AvgIpc) is 3.03. The maximum Gasteiger partial charge on any atom is 0.228 e. The summed E-state index contributed by atoms with van der Waals surface area (Å²) in [6.07, 6.45) is 8.48. The van der Waals surface area contributed by atoms with E-state index in [-0.39, 0.29) is 24.0 Å². The van der Waals surface area contributed by atoms with E-state index in [9.17, 15) is 4.79 Å². The average molecular weight is 359 g/mol. The fourth-order valence-electron chi connectivity index (χ4n) is 3.78. The van der Waals surface area contributed by atoms with Gasteiger partial charge in [0, 0.05) is 32.7 Å². The Morgan fingerprint density at radius 2 is 2.23 bits per heavy atom. The maximum absolute atomic E-state index is 12.9. The van der Waals surface area contributed by atoms with Crippen LogP contribution in [0.2, 0.25) is 0 Å². The number of amides is 1. The first-order valence-electron chi connectivity index (χ1n) is 9.35. The molecule has 1 saturated heterocycles. The predicted molar refractivity (Wildman–Crippen MR) is 92.5 cm³/mol. The van der Waals surface area contributed by atoms with Crippen molar-refractivity contribution in [2.75, 3.05) is 13.2 Å². The van der Waals surface area contributed by atoms with E-state index in [2.05, 4.69) is 25.5 Å². The van der Waals surface area contributed by atoms with Gasteiger partial charge < -0.3 is 9.64 Å². The number of ether oxygens (including phenoxy) is 1. The molecule has 1 amide bonds. The molecule has 9 heteroatoms. The first-order valence-corrected chi connectivity index (χ1v) is 9.35. The summed E-state index contributed by atoms with van der Waals surface area (Å²) in [4.78, 5) is 14.9. The zero-order valence-electron chi connectivity index (χ0n) is 15.3. The van der Waals surface area contributed by atoms with Crippen LogP contribution >= 0.6 is 0 Å². The van der Waals surface area contributed by atoms with E-state index in [4.69, 9.17) is 4.74 Å². The number of aryl methyl sites for hydroxylation is 1. The van der Waals surface area contributed by atoms with Gasteiger partial charge in [-0.25, -0.2) is 9.36 Å². The topological polar surface area (TPSA) is 91.0 Å². The van der Waals surface area contributed by atoms with Crippen LogP contribution < -0.4 is 0 Å². The van der Waals surface area contributed by atoms with E-state index in [1.165, 1.54) is 0 Å². The van der Waals surface area contributed by atoms with Gasteiger partial charge >= 0.3 is 0 Å². The Morgan fingerprint density at radius 1 is 1.35 bits per heavy atom. The molecular weight excluding hydrogens is 334 g/mol. The van der Waals surface area contributed by atoms with Gasteiger partial charge in [0.1, 0.15) is 0 Å². The third-order valence-corrected chi connectivity index (χ3v) is 5.25. The fraction of sp³-hybridized carbons (Fsp3) is 0.706. The van der Waals surface area contributed by atoms with E-state index in [1.54, 1.807) is 15.6 Å². The zero-order chi connectivity index (χ0) is 18.1. The number of hydrogen-bond donors (Lipinski definition) is 0. The second-order valence-electron chi connectivity index (χ2n) is 7.09. The molecule has 2 aliphatic rings. The Hall–Kier alpha value is -2.29. The Kier molecular flexibility index (Phi) is 4.71. The molecule has 0 aromatic carbocycles. The van der Waals surface area contributed by atoms with Crippen molar-refractivity contribution >= 4 is 5.91 Å². The zero-order valence-corrected chi connectivity index (χ0v) is 15.3. The summed E-state index contributed by atoms with van der Waals surface area (Å²) in [6.45, 7) is 3.48. The van der Waals surface area contributed by atoms with Crippen LogP contribution in [0.1, 0.15) is 38.3 Å². The van der Waals surface area contributed by atoms with Gasteiger partial charge in [0.05, 0.1) is 30.1 Å². The minimum absolute atomic E-state index is 0.0479. The number of carbonyl (C=O) groups excluding carboxylic acids is 1. The Labute approximate surface area is 152 Å². The molecule has 26 heavy (non-hydrogen) atoms. The molecule has 0 spiro atoms. The third-order valence-electron chi connectivity index (χ3n) is 5.25. The molecule has 0 bridgehead atoms. The molecular formula is C17H25N7O2. The van der Waals surface area contributed by atoms with E-state index in [0.29, 0.717) is 6.61 Å². The molecule has 9 nitrogen and oxygen atoms in total. The predicted octanol–water partition coefficient (Wildman–Crippen LogP) is 0.744. The highest BCUT2D eigenvalue weighted by molar-refractivity contribution is 5.82. The van der Waals surface area contributed by atoms with Crippen LogP contribution in [-0.4, -0.2) is 66.1 Å². The van der Waals surface area contributed by atoms with Gasteiger partial charge in [-0.15, -0.1) is 10.2 Å². The summed E-state index contributed by atoms with van der Waals surface area (Å²) < 4.78 is 8.93. The smallest absolute Gasteiger partial charge is 0.228 e. The van der Waals surface area contributed by atoms with Gasteiger partial charge in [-0.05, 0) is 32.6 Å². The highest BCUT2D eigenvalue weighted by Crippen LogP contribution is 2.37. The van der Waals surface area contributed by atoms with Crippen LogP contribution in [0.4, 0.5) is 0 Å². The number of aromatic nitrogens is 6. The first kappa shape index (κ1) is 17.1. The van der Waals surface area contributed by atoms with Gasteiger partial charge in [0.2, 0.25) is 5.91 Å². The third kappa shape index (κ3) is 3.35. The molecule has 1 aliphatic carbocycles. The lowest BCUT2D eigenvalue weighted by molar-refractivity contribution is -0.137. The maximum atomic E-state index is 12.9. The van der Waals surface area contributed by atoms with Gasteiger partial charge in [-0.2, -0.15) is 0 Å². The minimum atomic E-state index is 0.0479. The quantitative estimate of drug-likeness (QED) is 0.756. The lowest BCUT2D eigenvalue weighted by atomic mass is 9.97. The summed E-state index contributed by atoms with van der Waals surface area (Å²) in [5.74, 6) is 1.06. The molecule has 3 atom stereocenters. The van der Waals surface area contributed by atoms with Crippen molar-refractivity contribution in [1.29, 1.82) is 0 Å². The first-order chi connectivity index (χ1) is 12.7. The summed E-state index contributed by atoms with van der Waals surface area (Å²) in [7, 11) is 1.82. The fourth-order valence-corrected chi connectivity index (χ4v) is 3.78. The van der Waals surface area contributed by atoms with Crippen molar-refractivity contribution in [2.45, 2.75) is 51.2 Å². The van der Waals surface area contributed by atoms with Crippen LogP contribution in [0.3, 0.4) is 0 Å². The van der Waals surface area contributed by atoms with Crippen molar-refractivity contribution in [2.24, 2.45) is 13.0 Å². The van der Waals surface area contributed by atoms with Crippen molar-refractivity contribution in [1.82, 2.24) is 34.9 Å². The van der Waals surface area contributed by atoms with Crippen molar-refractivity contribution in [3.05, 3.63) is 18.1 Å². The largest absolute Gasteiger partial charge is 0.378 e. The molecule has 2 aromatic rings. The van der Waals surface area contributed by atoms with Crippen LogP contribution in [0.5, 0.6) is 0 Å². The molecule has 4 rings (SSSR count). The summed E-state index contributed by atoms with van der Waals surface area (Å²) in [6, 6.07) is 0.189. The van der Waals surface area contributed by atoms with Crippen LogP contribution in [0, 0.1) is 5.92 Å². The molecule has 3 unspecified atom stereocenters. The van der Waals surface area contributed by atoms with Crippen molar-refractivity contribution in [3.63, 3.8) is 0 Å². The molecule has 0 N–H and O–H groups in total. The lowest BCUT2D eigenvalue weighted by Gasteiger charge is -2.35. The summed E-state index contributed by atoms with van der Waals surface area (Å²) in [5.41, 5.74) is 0.882. The molecule has 140 valence electrons. The van der Waals surface area contributed by atoms with Crippen molar-refractivity contribution < 1.29 is 9.53 Å². The molecule has 1 saturated carbocycles. The Balaban J connectivity index is 1.43. The molecule has 1 aliphatic heterocycles. The van der Waals surface area contributed by atoms with E-state index in [1.807, 2.05) is 20.2 Å². The number of rotatable bonds is 6. The molecule has 0 radical (unpaired) electrons. The number of likely N-dealkylation sites (tertiary alicyclic amines) is 1. The highest BCUT2D eigenvalue weighted by atomic mass is 16.5. The normalized spacial score (nSPS) is 25.5. The van der Waals surface area contributed by atoms with Crippen LogP contribution in [0.25, 0.3) is 5.82 Å². The van der Waals surface area contributed by atoms with Crippen LogP contribution in [0.15, 0.2) is 12.4 Å². The SMILES string of the molecule is CCOC1CC1C(=O)N1CCCCC1Cc1cn(-c2cnnn2C)nn1. The summed E-state index contributed by atoms with van der Waals surface area (Å²) in [5, 5.41) is 16.2. The van der Waals surface area contributed by atoms with Gasteiger partial charge in [-0.3, -0.25) is 4.79 Å². The monoisotopic (exact) mass is 359 g/mol. The molecule has 3 heterocycles. The van der Waals surface area contributed by atoms with Gasteiger partial charge in [0.25, 0.3) is 0 Å². The van der Waals surface area contributed by atoms with Crippen molar-refractivity contribution in [3.8, 4) is 5.82 Å². The van der Waals surface area contributed by atoms with Gasteiger partial charge in [-0.1, -0.05) is 10.4 Å². The highest BCUT2D eigenvalue weighted by Gasteiger charge is 2.47. The number of carbonyl (C=O) groups is 1.